The lowest BCUT2D eigenvalue weighted by Crippen LogP contribution is -2.56. The van der Waals surface area contributed by atoms with Gasteiger partial charge in [-0.05, 0) is 48.2 Å². The summed E-state index contributed by atoms with van der Waals surface area (Å²) in [4.78, 5) is 45.0. The minimum Gasteiger partial charge on any atom is -0.356 e. The van der Waals surface area contributed by atoms with Gasteiger partial charge in [-0.2, -0.15) is 0 Å². The maximum absolute atomic E-state index is 13.9. The van der Waals surface area contributed by atoms with Gasteiger partial charge in [0.2, 0.25) is 11.8 Å². The Bertz CT molecular complexity index is 1580. The SMILES string of the molecule is C[C@H](NC(=O)[C@@H]1Cc2c([nH]c3ccccc23)C2c3ccccc3C(=O)N21)C(=O)NCCc1ccccc1F. The topological polar surface area (TPSA) is 94.3 Å². The Morgan fingerprint density at radius 2 is 1.79 bits per heavy atom. The lowest BCUT2D eigenvalue weighted by atomic mass is 9.90. The van der Waals surface area contributed by atoms with E-state index in [2.05, 4.69) is 15.6 Å². The molecule has 0 bridgehead atoms. The summed E-state index contributed by atoms with van der Waals surface area (Å²) in [5.41, 5.74) is 4.85. The number of carbonyl (C=O) groups is 3. The number of H-pyrrole nitrogens is 1. The first-order valence-corrected chi connectivity index (χ1v) is 12.8. The molecule has 0 radical (unpaired) electrons. The number of halogens is 1. The second kappa shape index (κ2) is 9.45. The fourth-order valence-corrected chi connectivity index (χ4v) is 5.69. The molecule has 38 heavy (non-hydrogen) atoms. The third-order valence-corrected chi connectivity index (χ3v) is 7.56. The molecule has 2 aliphatic heterocycles. The number of benzene rings is 3. The van der Waals surface area contributed by atoms with E-state index in [9.17, 15) is 18.8 Å². The molecule has 1 unspecified atom stereocenters. The van der Waals surface area contributed by atoms with Crippen molar-refractivity contribution < 1.29 is 18.8 Å². The Hall–Kier alpha value is -4.46. The second-order valence-corrected chi connectivity index (χ2v) is 9.85. The average Bonchev–Trinajstić information content (AvgIpc) is 3.44. The summed E-state index contributed by atoms with van der Waals surface area (Å²) in [7, 11) is 0. The molecule has 3 atom stereocenters. The molecule has 0 aliphatic carbocycles. The molecule has 1 aromatic heterocycles. The number of hydrogen-bond donors (Lipinski definition) is 3. The third-order valence-electron chi connectivity index (χ3n) is 7.56. The maximum atomic E-state index is 13.9. The van der Waals surface area contributed by atoms with Crippen LogP contribution in [0.15, 0.2) is 72.8 Å². The monoisotopic (exact) mass is 510 g/mol. The Labute approximate surface area is 219 Å². The zero-order valence-electron chi connectivity index (χ0n) is 20.8. The number of nitrogens with one attached hydrogen (secondary N) is 3. The molecule has 3 aromatic carbocycles. The van der Waals surface area contributed by atoms with E-state index in [4.69, 9.17) is 0 Å². The van der Waals surface area contributed by atoms with Gasteiger partial charge in [-0.25, -0.2) is 4.39 Å². The van der Waals surface area contributed by atoms with Crippen molar-refractivity contribution in [3.63, 3.8) is 0 Å². The quantitative estimate of drug-likeness (QED) is 0.370. The summed E-state index contributed by atoms with van der Waals surface area (Å²) < 4.78 is 13.9. The van der Waals surface area contributed by atoms with E-state index in [1.165, 1.54) is 6.07 Å². The summed E-state index contributed by atoms with van der Waals surface area (Å²) in [6.45, 7) is 1.85. The minimum absolute atomic E-state index is 0.197. The van der Waals surface area contributed by atoms with Crippen LogP contribution in [0.3, 0.4) is 0 Å². The smallest absolute Gasteiger partial charge is 0.255 e. The molecule has 4 aromatic rings. The Morgan fingerprint density at radius 1 is 1.05 bits per heavy atom. The number of fused-ring (bicyclic) bond motifs is 7. The maximum Gasteiger partial charge on any atom is 0.255 e. The number of nitrogens with zero attached hydrogens (tertiary/aromatic N) is 1. The van der Waals surface area contributed by atoms with Gasteiger partial charge < -0.3 is 20.5 Å². The molecule has 2 aliphatic rings. The molecular weight excluding hydrogens is 483 g/mol. The Balaban J connectivity index is 1.23. The van der Waals surface area contributed by atoms with Crippen LogP contribution < -0.4 is 10.6 Å². The summed E-state index contributed by atoms with van der Waals surface area (Å²) in [5.74, 6) is -1.27. The van der Waals surface area contributed by atoms with Gasteiger partial charge in [-0.3, -0.25) is 14.4 Å². The van der Waals surface area contributed by atoms with Crippen molar-refractivity contribution in [2.24, 2.45) is 0 Å². The van der Waals surface area contributed by atoms with E-state index >= 15 is 0 Å². The molecule has 7 nitrogen and oxygen atoms in total. The lowest BCUT2D eigenvalue weighted by molar-refractivity contribution is -0.131. The first kappa shape index (κ1) is 23.9. The molecule has 0 saturated heterocycles. The van der Waals surface area contributed by atoms with Crippen LogP contribution in [0.2, 0.25) is 0 Å². The molecule has 3 N–H and O–H groups in total. The molecule has 0 saturated carbocycles. The van der Waals surface area contributed by atoms with E-state index in [1.807, 2.05) is 42.5 Å². The minimum atomic E-state index is -0.828. The molecule has 8 heteroatoms. The van der Waals surface area contributed by atoms with Crippen molar-refractivity contribution >= 4 is 28.6 Å². The molecule has 3 heterocycles. The van der Waals surface area contributed by atoms with Crippen LogP contribution >= 0.6 is 0 Å². The van der Waals surface area contributed by atoms with Crippen LogP contribution in [0.25, 0.3) is 10.9 Å². The van der Waals surface area contributed by atoms with Crippen molar-refractivity contribution in [2.45, 2.75) is 37.9 Å². The van der Waals surface area contributed by atoms with Crippen molar-refractivity contribution in [2.75, 3.05) is 6.54 Å². The second-order valence-electron chi connectivity index (χ2n) is 9.85. The number of aromatic nitrogens is 1. The van der Waals surface area contributed by atoms with E-state index in [1.54, 1.807) is 36.1 Å². The summed E-state index contributed by atoms with van der Waals surface area (Å²) in [6, 6.07) is 19.8. The van der Waals surface area contributed by atoms with Crippen molar-refractivity contribution in [3.8, 4) is 0 Å². The van der Waals surface area contributed by atoms with Crippen molar-refractivity contribution in [3.05, 3.63) is 107 Å². The number of hydrogen-bond acceptors (Lipinski definition) is 3. The van der Waals surface area contributed by atoms with Gasteiger partial charge in [0.15, 0.2) is 0 Å². The number of amides is 3. The Kier molecular flexibility index (Phi) is 5.94. The van der Waals surface area contributed by atoms with Crippen LogP contribution in [-0.2, 0) is 22.4 Å². The van der Waals surface area contributed by atoms with Crippen LogP contribution in [0.5, 0.6) is 0 Å². The van der Waals surface area contributed by atoms with Crippen LogP contribution in [0.4, 0.5) is 4.39 Å². The molecule has 6 rings (SSSR count). The fourth-order valence-electron chi connectivity index (χ4n) is 5.69. The van der Waals surface area contributed by atoms with Gasteiger partial charge in [0.1, 0.15) is 17.9 Å². The highest BCUT2D eigenvalue weighted by Gasteiger charge is 2.49. The molecule has 0 fully saturated rings. The van der Waals surface area contributed by atoms with Crippen molar-refractivity contribution in [1.29, 1.82) is 0 Å². The molecule has 192 valence electrons. The van der Waals surface area contributed by atoms with Gasteiger partial charge in [0.25, 0.3) is 5.91 Å². The molecular formula is C30H27FN4O3. The highest BCUT2D eigenvalue weighted by molar-refractivity contribution is 6.04. The number of aromatic amines is 1. The Morgan fingerprint density at radius 3 is 2.63 bits per heavy atom. The predicted octanol–water partition coefficient (Wildman–Crippen LogP) is 3.64. The summed E-state index contributed by atoms with van der Waals surface area (Å²) in [6.07, 6.45) is 0.677. The zero-order valence-corrected chi connectivity index (χ0v) is 20.8. The average molecular weight is 511 g/mol. The lowest BCUT2D eigenvalue weighted by Gasteiger charge is -2.37. The largest absolute Gasteiger partial charge is 0.356 e. The number of rotatable bonds is 6. The predicted molar refractivity (Wildman–Crippen MR) is 141 cm³/mol. The zero-order chi connectivity index (χ0) is 26.4. The first-order valence-electron chi connectivity index (χ1n) is 12.8. The molecule has 3 amide bonds. The van der Waals surface area contributed by atoms with E-state index in [0.29, 0.717) is 24.0 Å². The van der Waals surface area contributed by atoms with Gasteiger partial charge in [0, 0.05) is 35.1 Å². The normalized spacial score (nSPS) is 18.5. The van der Waals surface area contributed by atoms with Gasteiger partial charge in [-0.1, -0.05) is 54.6 Å². The third kappa shape index (κ3) is 3.93. The van der Waals surface area contributed by atoms with Crippen molar-refractivity contribution in [1.82, 2.24) is 20.5 Å². The van der Waals surface area contributed by atoms with E-state index < -0.39 is 18.1 Å². The van der Waals surface area contributed by atoms with Crippen LogP contribution in [0.1, 0.15) is 45.7 Å². The van der Waals surface area contributed by atoms with E-state index in [-0.39, 0.29) is 30.1 Å². The highest BCUT2D eigenvalue weighted by Crippen LogP contribution is 2.46. The number of carbonyl (C=O) groups excluding carboxylic acids is 3. The van der Waals surface area contributed by atoms with Crippen LogP contribution in [0, 0.1) is 5.82 Å². The van der Waals surface area contributed by atoms with Gasteiger partial charge in [0.05, 0.1) is 6.04 Å². The number of para-hydroxylation sites is 1. The molecule has 0 spiro atoms. The van der Waals surface area contributed by atoms with E-state index in [0.717, 1.165) is 27.7 Å². The van der Waals surface area contributed by atoms with Gasteiger partial charge in [-0.15, -0.1) is 0 Å². The fraction of sp³-hybridized carbons (Fsp3) is 0.233. The first-order chi connectivity index (χ1) is 18.4. The summed E-state index contributed by atoms with van der Waals surface area (Å²) >= 11 is 0. The summed E-state index contributed by atoms with van der Waals surface area (Å²) in [5, 5.41) is 6.60. The highest BCUT2D eigenvalue weighted by atomic mass is 19.1. The van der Waals surface area contributed by atoms with Crippen LogP contribution in [-0.4, -0.2) is 46.2 Å². The standard InChI is InChI=1S/C30H27FN4O3/c1-17(28(36)32-15-14-18-8-2-6-12-23(18)31)33-29(37)25-16-22-19-9-5-7-13-24(19)34-26(22)27-20-10-3-4-11-21(20)30(38)35(25)27/h2-13,17,25,27,34H,14-16H2,1H3,(H,32,36)(H,33,37)/t17-,25-,27?/m0/s1. The van der Waals surface area contributed by atoms with Gasteiger partial charge >= 0.3 is 0 Å².